The third-order valence-electron chi connectivity index (χ3n) is 2.99. The van der Waals surface area contributed by atoms with Gasteiger partial charge in [-0.1, -0.05) is 18.2 Å². The van der Waals surface area contributed by atoms with Crippen molar-refractivity contribution < 1.29 is 14.7 Å². The van der Waals surface area contributed by atoms with E-state index in [1.807, 2.05) is 37.4 Å². The number of nitrogens with one attached hydrogen (secondary N) is 1. The molecule has 0 aliphatic carbocycles. The van der Waals surface area contributed by atoms with Crippen molar-refractivity contribution in [1.82, 2.24) is 5.32 Å². The van der Waals surface area contributed by atoms with Gasteiger partial charge in [0.2, 0.25) is 5.91 Å². The molecule has 1 aromatic carbocycles. The molecule has 0 aliphatic rings. The number of aryl methyl sites for hydroxylation is 1. The minimum atomic E-state index is -0.981. The Morgan fingerprint density at radius 2 is 2.00 bits per heavy atom. The average molecular weight is 327 g/mol. The van der Waals surface area contributed by atoms with Gasteiger partial charge in [0.05, 0.1) is 5.25 Å². The molecular formula is C15H21NO3S2. The zero-order valence-electron chi connectivity index (χ0n) is 12.5. The molecule has 21 heavy (non-hydrogen) atoms. The van der Waals surface area contributed by atoms with Gasteiger partial charge in [0.15, 0.2) is 0 Å². The van der Waals surface area contributed by atoms with Gasteiger partial charge < -0.3 is 10.4 Å². The molecule has 0 saturated carbocycles. The quantitative estimate of drug-likeness (QED) is 0.719. The molecule has 2 atom stereocenters. The number of hydrogen-bond donors (Lipinski definition) is 2. The maximum absolute atomic E-state index is 12.1. The number of carbonyl (C=O) groups excluding carboxylic acids is 1. The van der Waals surface area contributed by atoms with Crippen LogP contribution >= 0.6 is 23.5 Å². The van der Waals surface area contributed by atoms with Crippen molar-refractivity contribution in [2.45, 2.75) is 36.5 Å². The standard InChI is InChI=1S/C15H21NO3S2/c1-10-6-4-5-7-13(10)21-11(2)14(17)16-12(15(18)19)8-9-20-3/h4-7,11-12H,8-9H2,1-3H3,(H,16,17)(H,18,19). The Labute approximate surface area is 134 Å². The van der Waals surface area contributed by atoms with Crippen molar-refractivity contribution in [2.24, 2.45) is 0 Å². The fourth-order valence-corrected chi connectivity index (χ4v) is 3.15. The van der Waals surface area contributed by atoms with Gasteiger partial charge in [0.1, 0.15) is 6.04 Å². The van der Waals surface area contributed by atoms with Crippen molar-refractivity contribution in [1.29, 1.82) is 0 Å². The summed E-state index contributed by atoms with van der Waals surface area (Å²) in [7, 11) is 0. The minimum Gasteiger partial charge on any atom is -0.480 e. The van der Waals surface area contributed by atoms with Crippen LogP contribution in [0.5, 0.6) is 0 Å². The number of aliphatic carboxylic acids is 1. The molecule has 1 rings (SSSR count). The first-order chi connectivity index (χ1) is 9.95. The molecule has 0 bridgehead atoms. The van der Waals surface area contributed by atoms with Crippen LogP contribution in [0.25, 0.3) is 0 Å². The summed E-state index contributed by atoms with van der Waals surface area (Å²) in [6.07, 6.45) is 2.35. The summed E-state index contributed by atoms with van der Waals surface area (Å²) in [4.78, 5) is 24.3. The summed E-state index contributed by atoms with van der Waals surface area (Å²) in [5, 5.41) is 11.4. The molecule has 1 amide bonds. The number of rotatable bonds is 8. The number of benzene rings is 1. The van der Waals surface area contributed by atoms with E-state index in [0.29, 0.717) is 12.2 Å². The van der Waals surface area contributed by atoms with E-state index < -0.39 is 12.0 Å². The van der Waals surface area contributed by atoms with E-state index in [9.17, 15) is 9.59 Å². The molecule has 0 heterocycles. The van der Waals surface area contributed by atoms with Gasteiger partial charge in [-0.15, -0.1) is 11.8 Å². The van der Waals surface area contributed by atoms with Crippen LogP contribution in [0, 0.1) is 6.92 Å². The zero-order valence-corrected chi connectivity index (χ0v) is 14.1. The van der Waals surface area contributed by atoms with Gasteiger partial charge in [0, 0.05) is 4.90 Å². The summed E-state index contributed by atoms with van der Waals surface area (Å²) in [5.41, 5.74) is 1.11. The van der Waals surface area contributed by atoms with Crippen molar-refractivity contribution in [2.75, 3.05) is 12.0 Å². The highest BCUT2D eigenvalue weighted by molar-refractivity contribution is 8.00. The normalized spacial score (nSPS) is 13.5. The highest BCUT2D eigenvalue weighted by atomic mass is 32.2. The van der Waals surface area contributed by atoms with E-state index in [1.54, 1.807) is 18.7 Å². The van der Waals surface area contributed by atoms with Crippen molar-refractivity contribution in [3.8, 4) is 0 Å². The van der Waals surface area contributed by atoms with Crippen LogP contribution in [0.2, 0.25) is 0 Å². The molecule has 0 aliphatic heterocycles. The fraction of sp³-hybridized carbons (Fsp3) is 0.467. The Kier molecular flexibility index (Phi) is 7.67. The van der Waals surface area contributed by atoms with E-state index in [1.165, 1.54) is 11.8 Å². The van der Waals surface area contributed by atoms with Gasteiger partial charge >= 0.3 is 5.97 Å². The lowest BCUT2D eigenvalue weighted by Gasteiger charge is -2.18. The van der Waals surface area contributed by atoms with E-state index in [-0.39, 0.29) is 11.2 Å². The Balaban J connectivity index is 2.61. The lowest BCUT2D eigenvalue weighted by Crippen LogP contribution is -2.44. The van der Waals surface area contributed by atoms with Crippen LogP contribution in [0.1, 0.15) is 18.9 Å². The van der Waals surface area contributed by atoms with Crippen LogP contribution < -0.4 is 5.32 Å². The van der Waals surface area contributed by atoms with Gasteiger partial charge in [-0.2, -0.15) is 11.8 Å². The molecule has 0 radical (unpaired) electrons. The molecule has 0 saturated heterocycles. The Morgan fingerprint density at radius 1 is 1.33 bits per heavy atom. The predicted octanol–water partition coefficient (Wildman–Crippen LogP) is 2.80. The van der Waals surface area contributed by atoms with Crippen LogP contribution in [0.3, 0.4) is 0 Å². The van der Waals surface area contributed by atoms with Crippen molar-refractivity contribution >= 4 is 35.4 Å². The van der Waals surface area contributed by atoms with E-state index >= 15 is 0 Å². The molecule has 2 N–H and O–H groups in total. The van der Waals surface area contributed by atoms with Crippen LogP contribution in [0.15, 0.2) is 29.2 Å². The van der Waals surface area contributed by atoms with Gasteiger partial charge in [-0.05, 0) is 43.9 Å². The minimum absolute atomic E-state index is 0.239. The summed E-state index contributed by atoms with van der Waals surface area (Å²) in [6, 6.07) is 7.02. The number of amides is 1. The van der Waals surface area contributed by atoms with Gasteiger partial charge in [0.25, 0.3) is 0 Å². The van der Waals surface area contributed by atoms with Crippen LogP contribution in [-0.4, -0.2) is 40.3 Å². The van der Waals surface area contributed by atoms with Crippen molar-refractivity contribution in [3.63, 3.8) is 0 Å². The van der Waals surface area contributed by atoms with Gasteiger partial charge in [-0.25, -0.2) is 4.79 Å². The van der Waals surface area contributed by atoms with Crippen LogP contribution in [0.4, 0.5) is 0 Å². The van der Waals surface area contributed by atoms with Gasteiger partial charge in [-0.3, -0.25) is 4.79 Å². The third-order valence-corrected chi connectivity index (χ3v) is 4.92. The monoisotopic (exact) mass is 327 g/mol. The highest BCUT2D eigenvalue weighted by Crippen LogP contribution is 2.26. The average Bonchev–Trinajstić information content (AvgIpc) is 2.45. The second kappa shape index (κ2) is 9.00. The molecule has 2 unspecified atom stereocenters. The Hall–Kier alpha value is -1.14. The van der Waals surface area contributed by atoms with Crippen LogP contribution in [-0.2, 0) is 9.59 Å². The molecule has 1 aromatic rings. The number of thioether (sulfide) groups is 2. The maximum atomic E-state index is 12.1. The highest BCUT2D eigenvalue weighted by Gasteiger charge is 2.23. The van der Waals surface area contributed by atoms with Crippen molar-refractivity contribution in [3.05, 3.63) is 29.8 Å². The lowest BCUT2D eigenvalue weighted by atomic mass is 10.2. The van der Waals surface area contributed by atoms with E-state index in [4.69, 9.17) is 5.11 Å². The number of carboxylic acids is 1. The predicted molar refractivity (Wildman–Crippen MR) is 89.1 cm³/mol. The smallest absolute Gasteiger partial charge is 0.326 e. The summed E-state index contributed by atoms with van der Waals surface area (Å²) < 4.78 is 0. The molecule has 0 fully saturated rings. The molecule has 6 heteroatoms. The molecule has 0 spiro atoms. The number of hydrogen-bond acceptors (Lipinski definition) is 4. The summed E-state index contributed by atoms with van der Waals surface area (Å²) in [5.74, 6) is -0.515. The number of carboxylic acid groups (broad SMARTS) is 1. The first-order valence-corrected chi connectivity index (χ1v) is 8.97. The largest absolute Gasteiger partial charge is 0.480 e. The van der Waals surface area contributed by atoms with E-state index in [0.717, 1.165) is 10.5 Å². The fourth-order valence-electron chi connectivity index (χ4n) is 1.71. The Morgan fingerprint density at radius 3 is 2.57 bits per heavy atom. The van der Waals surface area contributed by atoms with E-state index in [2.05, 4.69) is 5.32 Å². The first-order valence-electron chi connectivity index (χ1n) is 6.70. The first kappa shape index (κ1) is 17.9. The summed E-state index contributed by atoms with van der Waals surface area (Å²) >= 11 is 3.01. The third kappa shape index (κ3) is 6.01. The molecule has 4 nitrogen and oxygen atoms in total. The number of carbonyl (C=O) groups is 2. The molecular weight excluding hydrogens is 306 g/mol. The Bertz CT molecular complexity index is 494. The molecule has 0 aromatic heterocycles. The topological polar surface area (TPSA) is 66.4 Å². The summed E-state index contributed by atoms with van der Waals surface area (Å²) in [6.45, 7) is 3.78. The second-order valence-corrected chi connectivity index (χ2v) is 7.07. The zero-order chi connectivity index (χ0) is 15.8. The maximum Gasteiger partial charge on any atom is 0.326 e. The lowest BCUT2D eigenvalue weighted by molar-refractivity contribution is -0.141. The SMILES string of the molecule is CSCCC(NC(=O)C(C)Sc1ccccc1C)C(=O)O. The molecule has 116 valence electrons. The second-order valence-electron chi connectivity index (χ2n) is 4.71.